The summed E-state index contributed by atoms with van der Waals surface area (Å²) in [5.41, 5.74) is 7.29. The highest BCUT2D eigenvalue weighted by Gasteiger charge is 2.28. The van der Waals surface area contributed by atoms with Gasteiger partial charge in [0.15, 0.2) is 5.82 Å². The molecule has 33 heavy (non-hydrogen) atoms. The summed E-state index contributed by atoms with van der Waals surface area (Å²) in [5.74, 6) is 0.311. The van der Waals surface area contributed by atoms with Gasteiger partial charge in [-0.3, -0.25) is 19.4 Å². The van der Waals surface area contributed by atoms with E-state index in [4.69, 9.17) is 0 Å². The van der Waals surface area contributed by atoms with Crippen molar-refractivity contribution in [2.75, 3.05) is 11.4 Å². The fraction of sp³-hybridized carbons (Fsp3) is 0.192. The van der Waals surface area contributed by atoms with E-state index in [-0.39, 0.29) is 5.91 Å². The molecule has 7 nitrogen and oxygen atoms in total. The third-order valence-corrected chi connectivity index (χ3v) is 6.02. The lowest BCUT2D eigenvalue weighted by Crippen LogP contribution is -2.38. The highest BCUT2D eigenvalue weighted by molar-refractivity contribution is 6.08. The molecular weight excluding hydrogens is 412 g/mol. The molecule has 4 heterocycles. The second-order valence-electron chi connectivity index (χ2n) is 8.26. The van der Waals surface area contributed by atoms with Gasteiger partial charge in [-0.05, 0) is 66.3 Å². The second-order valence-corrected chi connectivity index (χ2v) is 8.26. The molecule has 0 saturated heterocycles. The monoisotopic (exact) mass is 434 g/mol. The van der Waals surface area contributed by atoms with E-state index in [9.17, 15) is 10.1 Å². The number of aromatic nitrogens is 4. The number of anilines is 1. The standard InChI is InChI=1S/C26H22N6O/c1-17-10-19-7-9-32(25-20(13-27)4-3-8-28-25)26(33)23(19)12-21(17)11-18-5-6-24(29-14-18)22-15-30-31(2)16-22/h3-6,8,10,12,14-16H,7,9,11H2,1-2H3. The molecular formula is C26H22N6O. The molecule has 0 bridgehead atoms. The van der Waals surface area contributed by atoms with Gasteiger partial charge in [0.1, 0.15) is 6.07 Å². The normalized spacial score (nSPS) is 13.0. The van der Waals surface area contributed by atoms with Crippen LogP contribution in [0.5, 0.6) is 0 Å². The maximum Gasteiger partial charge on any atom is 0.259 e. The average molecular weight is 435 g/mol. The molecule has 162 valence electrons. The number of nitrogens with zero attached hydrogens (tertiary/aromatic N) is 6. The van der Waals surface area contributed by atoms with E-state index in [2.05, 4.69) is 40.2 Å². The molecule has 0 radical (unpaired) electrons. The minimum Gasteiger partial charge on any atom is -0.291 e. The number of amides is 1. The van der Waals surface area contributed by atoms with Gasteiger partial charge in [0, 0.05) is 43.3 Å². The third-order valence-electron chi connectivity index (χ3n) is 6.02. The van der Waals surface area contributed by atoms with Crippen molar-refractivity contribution in [1.29, 1.82) is 5.26 Å². The van der Waals surface area contributed by atoms with Gasteiger partial charge < -0.3 is 0 Å². The van der Waals surface area contributed by atoms with Crippen molar-refractivity contribution in [1.82, 2.24) is 19.7 Å². The number of rotatable bonds is 4. The predicted molar refractivity (Wildman–Crippen MR) is 125 cm³/mol. The quantitative estimate of drug-likeness (QED) is 0.487. The minimum atomic E-state index is -0.113. The van der Waals surface area contributed by atoms with Gasteiger partial charge in [0.2, 0.25) is 0 Å². The van der Waals surface area contributed by atoms with Crippen molar-refractivity contribution >= 4 is 11.7 Å². The van der Waals surface area contributed by atoms with E-state index < -0.39 is 0 Å². The summed E-state index contributed by atoms with van der Waals surface area (Å²) in [6.45, 7) is 2.59. The summed E-state index contributed by atoms with van der Waals surface area (Å²) in [5, 5.41) is 13.6. The summed E-state index contributed by atoms with van der Waals surface area (Å²) in [6, 6.07) is 13.7. The van der Waals surface area contributed by atoms with Crippen LogP contribution in [0.3, 0.4) is 0 Å². The third kappa shape index (κ3) is 3.87. The van der Waals surface area contributed by atoms with Crippen molar-refractivity contribution in [3.05, 3.63) is 94.6 Å². The van der Waals surface area contributed by atoms with E-state index in [0.29, 0.717) is 29.9 Å². The van der Waals surface area contributed by atoms with Crippen LogP contribution in [0.1, 0.15) is 38.2 Å². The molecule has 0 spiro atoms. The van der Waals surface area contributed by atoms with E-state index in [1.807, 2.05) is 31.6 Å². The fourth-order valence-electron chi connectivity index (χ4n) is 4.26. The Balaban J connectivity index is 1.43. The maximum absolute atomic E-state index is 13.4. The first kappa shape index (κ1) is 20.6. The summed E-state index contributed by atoms with van der Waals surface area (Å²) in [6.07, 6.45) is 8.63. The smallest absolute Gasteiger partial charge is 0.259 e. The van der Waals surface area contributed by atoms with Gasteiger partial charge in [0.05, 0.1) is 17.5 Å². The van der Waals surface area contributed by atoms with Crippen LogP contribution in [0.15, 0.2) is 61.2 Å². The first-order chi connectivity index (χ1) is 16.0. The van der Waals surface area contributed by atoms with Crippen LogP contribution >= 0.6 is 0 Å². The molecule has 3 aromatic heterocycles. The van der Waals surface area contributed by atoms with Crippen LogP contribution in [-0.4, -0.2) is 32.2 Å². The first-order valence-electron chi connectivity index (χ1n) is 10.8. The highest BCUT2D eigenvalue weighted by Crippen LogP contribution is 2.28. The van der Waals surface area contributed by atoms with Crippen LogP contribution < -0.4 is 4.90 Å². The number of benzene rings is 1. The van der Waals surface area contributed by atoms with Gasteiger partial charge >= 0.3 is 0 Å². The second kappa shape index (κ2) is 8.32. The number of fused-ring (bicyclic) bond motifs is 1. The zero-order chi connectivity index (χ0) is 22.9. The van der Waals surface area contributed by atoms with E-state index in [1.54, 1.807) is 34.1 Å². The SMILES string of the molecule is Cc1cc2c(cc1Cc1ccc(-c3cnn(C)c3)nc1)C(=O)N(c1ncccc1C#N)CC2. The van der Waals surface area contributed by atoms with E-state index in [1.165, 1.54) is 0 Å². The van der Waals surface area contributed by atoms with Crippen molar-refractivity contribution < 1.29 is 4.79 Å². The highest BCUT2D eigenvalue weighted by atomic mass is 16.2. The minimum absolute atomic E-state index is 0.113. The van der Waals surface area contributed by atoms with Crippen LogP contribution in [0.2, 0.25) is 0 Å². The molecule has 5 rings (SSSR count). The number of pyridine rings is 2. The van der Waals surface area contributed by atoms with Crippen molar-refractivity contribution in [3.8, 4) is 17.3 Å². The zero-order valence-corrected chi connectivity index (χ0v) is 18.5. The molecule has 4 aromatic rings. The van der Waals surface area contributed by atoms with Gasteiger partial charge in [0.25, 0.3) is 5.91 Å². The van der Waals surface area contributed by atoms with Crippen LogP contribution in [-0.2, 0) is 19.9 Å². The number of hydrogen-bond donors (Lipinski definition) is 0. The average Bonchev–Trinajstić information content (AvgIpc) is 3.27. The Labute approximate surface area is 192 Å². The largest absolute Gasteiger partial charge is 0.291 e. The Hall–Kier alpha value is -4.31. The van der Waals surface area contributed by atoms with E-state index in [0.717, 1.165) is 39.9 Å². The number of carbonyl (C=O) groups excluding carboxylic acids is 1. The Bertz CT molecular complexity index is 1400. The zero-order valence-electron chi connectivity index (χ0n) is 18.5. The van der Waals surface area contributed by atoms with Crippen molar-refractivity contribution in [3.63, 3.8) is 0 Å². The fourth-order valence-corrected chi connectivity index (χ4v) is 4.26. The van der Waals surface area contributed by atoms with Gasteiger partial charge in [-0.1, -0.05) is 12.1 Å². The first-order valence-corrected chi connectivity index (χ1v) is 10.8. The van der Waals surface area contributed by atoms with Gasteiger partial charge in [-0.15, -0.1) is 0 Å². The molecule has 1 aliphatic heterocycles. The molecule has 0 aliphatic carbocycles. The molecule has 0 unspecified atom stereocenters. The Morgan fingerprint density at radius 2 is 2.03 bits per heavy atom. The van der Waals surface area contributed by atoms with E-state index >= 15 is 0 Å². The number of nitriles is 1. The number of hydrogen-bond acceptors (Lipinski definition) is 5. The maximum atomic E-state index is 13.4. The number of carbonyl (C=O) groups is 1. The Morgan fingerprint density at radius 1 is 1.15 bits per heavy atom. The van der Waals surface area contributed by atoms with Gasteiger partial charge in [-0.2, -0.15) is 10.4 Å². The molecule has 0 N–H and O–H groups in total. The lowest BCUT2D eigenvalue weighted by Gasteiger charge is -2.29. The molecule has 1 aliphatic rings. The van der Waals surface area contributed by atoms with Crippen molar-refractivity contribution in [2.45, 2.75) is 19.8 Å². The van der Waals surface area contributed by atoms with Crippen LogP contribution in [0.4, 0.5) is 5.82 Å². The molecule has 0 saturated carbocycles. The lowest BCUT2D eigenvalue weighted by molar-refractivity contribution is 0.0979. The summed E-state index contributed by atoms with van der Waals surface area (Å²) >= 11 is 0. The lowest BCUT2D eigenvalue weighted by atomic mass is 9.91. The molecule has 0 fully saturated rings. The van der Waals surface area contributed by atoms with Crippen molar-refractivity contribution in [2.24, 2.45) is 7.05 Å². The molecule has 1 aromatic carbocycles. The topological polar surface area (TPSA) is 87.7 Å². The number of aryl methyl sites for hydroxylation is 2. The van der Waals surface area contributed by atoms with Crippen LogP contribution in [0.25, 0.3) is 11.3 Å². The Kier molecular flexibility index (Phi) is 5.19. The molecule has 7 heteroatoms. The summed E-state index contributed by atoms with van der Waals surface area (Å²) in [7, 11) is 1.88. The molecule has 1 amide bonds. The Morgan fingerprint density at radius 3 is 2.76 bits per heavy atom. The predicted octanol–water partition coefficient (Wildman–Crippen LogP) is 3.85. The summed E-state index contributed by atoms with van der Waals surface area (Å²) in [4.78, 5) is 23.9. The summed E-state index contributed by atoms with van der Waals surface area (Å²) < 4.78 is 1.76. The van der Waals surface area contributed by atoms with Gasteiger partial charge in [-0.25, -0.2) is 4.98 Å². The van der Waals surface area contributed by atoms with Crippen LogP contribution in [0, 0.1) is 18.3 Å². The molecule has 0 atom stereocenters.